The first-order valence-electron chi connectivity index (χ1n) is 6.45. The number of hydrogen-bond acceptors (Lipinski definition) is 1. The number of rotatable bonds is 2. The first-order chi connectivity index (χ1) is 8.83. The molecule has 0 saturated heterocycles. The van der Waals surface area contributed by atoms with Gasteiger partial charge in [-0.1, -0.05) is 42.0 Å². The molecule has 1 nitrogen and oxygen atoms in total. The van der Waals surface area contributed by atoms with Crippen molar-refractivity contribution in [2.45, 2.75) is 19.8 Å². The molecule has 0 aromatic heterocycles. The SMILES string of the molecule is Cc1ccc(Nc2cccc3c2C=CCC3)cc1. The van der Waals surface area contributed by atoms with E-state index in [9.17, 15) is 0 Å². The van der Waals surface area contributed by atoms with Crippen molar-refractivity contribution in [3.8, 4) is 0 Å². The molecule has 0 unspecified atom stereocenters. The maximum atomic E-state index is 3.51. The van der Waals surface area contributed by atoms with Crippen LogP contribution in [-0.2, 0) is 6.42 Å². The monoisotopic (exact) mass is 235 g/mol. The van der Waals surface area contributed by atoms with Crippen molar-refractivity contribution in [2.24, 2.45) is 0 Å². The molecule has 0 aliphatic heterocycles. The predicted molar refractivity (Wildman–Crippen MR) is 78.3 cm³/mol. The molecule has 0 radical (unpaired) electrons. The lowest BCUT2D eigenvalue weighted by Gasteiger charge is -2.16. The van der Waals surface area contributed by atoms with Gasteiger partial charge in [-0.05, 0) is 43.5 Å². The molecule has 90 valence electrons. The van der Waals surface area contributed by atoms with Crippen LogP contribution in [0.4, 0.5) is 11.4 Å². The number of nitrogens with one attached hydrogen (secondary N) is 1. The van der Waals surface area contributed by atoms with Crippen LogP contribution in [0.25, 0.3) is 6.08 Å². The summed E-state index contributed by atoms with van der Waals surface area (Å²) in [4.78, 5) is 0. The third-order valence-corrected chi connectivity index (χ3v) is 3.39. The molecule has 1 aliphatic carbocycles. The Kier molecular flexibility index (Phi) is 2.89. The van der Waals surface area contributed by atoms with E-state index in [2.05, 4.69) is 66.9 Å². The molecular formula is C17H17N. The molecule has 0 spiro atoms. The van der Waals surface area contributed by atoms with Gasteiger partial charge in [0.2, 0.25) is 0 Å². The van der Waals surface area contributed by atoms with Gasteiger partial charge >= 0.3 is 0 Å². The van der Waals surface area contributed by atoms with E-state index in [0.717, 1.165) is 18.5 Å². The summed E-state index contributed by atoms with van der Waals surface area (Å²) in [6.45, 7) is 2.11. The highest BCUT2D eigenvalue weighted by atomic mass is 14.9. The van der Waals surface area contributed by atoms with Crippen molar-refractivity contribution in [2.75, 3.05) is 5.32 Å². The van der Waals surface area contributed by atoms with E-state index in [1.807, 2.05) is 0 Å². The minimum Gasteiger partial charge on any atom is -0.355 e. The lowest BCUT2D eigenvalue weighted by atomic mass is 9.96. The minimum atomic E-state index is 1.15. The summed E-state index contributed by atoms with van der Waals surface area (Å²) in [6, 6.07) is 15.0. The molecular weight excluding hydrogens is 218 g/mol. The standard InChI is InChI=1S/C17H17N/c1-13-9-11-15(12-10-13)18-17-8-4-6-14-5-2-3-7-16(14)17/h3-4,6-12,18H,2,5H2,1H3. The average molecular weight is 235 g/mol. The molecule has 18 heavy (non-hydrogen) atoms. The summed E-state index contributed by atoms with van der Waals surface area (Å²) >= 11 is 0. The second-order valence-electron chi connectivity index (χ2n) is 4.81. The number of benzene rings is 2. The van der Waals surface area contributed by atoms with Gasteiger partial charge in [0.15, 0.2) is 0 Å². The Morgan fingerprint density at radius 2 is 1.83 bits per heavy atom. The fourth-order valence-electron chi connectivity index (χ4n) is 2.37. The van der Waals surface area contributed by atoms with Gasteiger partial charge in [-0.3, -0.25) is 0 Å². The van der Waals surface area contributed by atoms with E-state index in [4.69, 9.17) is 0 Å². The molecule has 1 heteroatoms. The quantitative estimate of drug-likeness (QED) is 0.795. The van der Waals surface area contributed by atoms with Crippen LogP contribution in [0.2, 0.25) is 0 Å². The van der Waals surface area contributed by atoms with E-state index < -0.39 is 0 Å². The van der Waals surface area contributed by atoms with Crippen molar-refractivity contribution >= 4 is 17.5 Å². The molecule has 2 aromatic rings. The molecule has 1 N–H and O–H groups in total. The Bertz CT molecular complexity index is 579. The van der Waals surface area contributed by atoms with Crippen LogP contribution in [0, 0.1) is 6.92 Å². The first kappa shape index (κ1) is 11.1. The van der Waals surface area contributed by atoms with Gasteiger partial charge in [-0.2, -0.15) is 0 Å². The molecule has 0 saturated carbocycles. The largest absolute Gasteiger partial charge is 0.355 e. The third kappa shape index (κ3) is 2.17. The molecule has 0 amide bonds. The molecule has 0 atom stereocenters. The minimum absolute atomic E-state index is 1.15. The number of fused-ring (bicyclic) bond motifs is 1. The lowest BCUT2D eigenvalue weighted by Crippen LogP contribution is -1.99. The maximum Gasteiger partial charge on any atom is 0.0460 e. The van der Waals surface area contributed by atoms with Gasteiger partial charge in [0.1, 0.15) is 0 Å². The normalized spacial score (nSPS) is 13.2. The molecule has 0 heterocycles. The zero-order chi connectivity index (χ0) is 12.4. The van der Waals surface area contributed by atoms with Gasteiger partial charge in [0.25, 0.3) is 0 Å². The maximum absolute atomic E-state index is 3.51. The van der Waals surface area contributed by atoms with Crippen molar-refractivity contribution in [3.63, 3.8) is 0 Å². The number of aryl methyl sites for hydroxylation is 2. The smallest absolute Gasteiger partial charge is 0.0460 e. The molecule has 0 fully saturated rings. The van der Waals surface area contributed by atoms with Crippen molar-refractivity contribution in [1.29, 1.82) is 0 Å². The summed E-state index contributed by atoms with van der Waals surface area (Å²) in [6.07, 6.45) is 6.79. The second-order valence-corrected chi connectivity index (χ2v) is 4.81. The van der Waals surface area contributed by atoms with Crippen LogP contribution in [0.5, 0.6) is 0 Å². The Hall–Kier alpha value is -2.02. The van der Waals surface area contributed by atoms with Crippen LogP contribution in [0.3, 0.4) is 0 Å². The fourth-order valence-corrected chi connectivity index (χ4v) is 2.37. The Morgan fingerprint density at radius 3 is 2.67 bits per heavy atom. The fraction of sp³-hybridized carbons (Fsp3) is 0.176. The summed E-state index contributed by atoms with van der Waals surface area (Å²) in [5.41, 5.74) is 6.41. The lowest BCUT2D eigenvalue weighted by molar-refractivity contribution is 0.986. The van der Waals surface area contributed by atoms with Gasteiger partial charge in [-0.15, -0.1) is 0 Å². The summed E-state index contributed by atoms with van der Waals surface area (Å²) in [7, 11) is 0. The van der Waals surface area contributed by atoms with Gasteiger partial charge in [-0.25, -0.2) is 0 Å². The second kappa shape index (κ2) is 4.69. The topological polar surface area (TPSA) is 12.0 Å². The molecule has 0 bridgehead atoms. The van der Waals surface area contributed by atoms with Crippen molar-refractivity contribution in [3.05, 3.63) is 65.2 Å². The van der Waals surface area contributed by atoms with E-state index in [-0.39, 0.29) is 0 Å². The number of anilines is 2. The van der Waals surface area contributed by atoms with Crippen LogP contribution < -0.4 is 5.32 Å². The summed E-state index contributed by atoms with van der Waals surface area (Å²) < 4.78 is 0. The number of allylic oxidation sites excluding steroid dienone is 1. The van der Waals surface area contributed by atoms with Crippen LogP contribution in [0.1, 0.15) is 23.1 Å². The van der Waals surface area contributed by atoms with Crippen LogP contribution >= 0.6 is 0 Å². The first-order valence-corrected chi connectivity index (χ1v) is 6.45. The van der Waals surface area contributed by atoms with Crippen molar-refractivity contribution in [1.82, 2.24) is 0 Å². The highest BCUT2D eigenvalue weighted by Crippen LogP contribution is 2.28. The molecule has 2 aromatic carbocycles. The van der Waals surface area contributed by atoms with Gasteiger partial charge < -0.3 is 5.32 Å². The Morgan fingerprint density at radius 1 is 1.00 bits per heavy atom. The summed E-state index contributed by atoms with van der Waals surface area (Å²) in [5, 5.41) is 3.51. The Balaban J connectivity index is 1.94. The molecule has 3 rings (SSSR count). The highest BCUT2D eigenvalue weighted by molar-refractivity contribution is 5.75. The third-order valence-electron chi connectivity index (χ3n) is 3.39. The van der Waals surface area contributed by atoms with Gasteiger partial charge in [0.05, 0.1) is 0 Å². The van der Waals surface area contributed by atoms with E-state index in [0.29, 0.717) is 0 Å². The van der Waals surface area contributed by atoms with Crippen LogP contribution in [0.15, 0.2) is 48.5 Å². The summed E-state index contributed by atoms with van der Waals surface area (Å²) in [5.74, 6) is 0. The zero-order valence-electron chi connectivity index (χ0n) is 10.6. The van der Waals surface area contributed by atoms with E-state index >= 15 is 0 Å². The van der Waals surface area contributed by atoms with E-state index in [1.54, 1.807) is 0 Å². The van der Waals surface area contributed by atoms with Crippen LogP contribution in [-0.4, -0.2) is 0 Å². The zero-order valence-corrected chi connectivity index (χ0v) is 10.6. The average Bonchev–Trinajstić information content (AvgIpc) is 2.42. The van der Waals surface area contributed by atoms with Crippen molar-refractivity contribution < 1.29 is 0 Å². The number of hydrogen-bond donors (Lipinski definition) is 1. The van der Waals surface area contributed by atoms with E-state index in [1.165, 1.54) is 22.4 Å². The Labute approximate surface area is 108 Å². The van der Waals surface area contributed by atoms with Gasteiger partial charge in [0, 0.05) is 16.9 Å². The highest BCUT2D eigenvalue weighted by Gasteiger charge is 2.08. The molecule has 1 aliphatic rings. The predicted octanol–water partition coefficient (Wildman–Crippen LogP) is 4.70.